The van der Waals surface area contributed by atoms with Gasteiger partial charge in [0.25, 0.3) is 5.91 Å². The highest BCUT2D eigenvalue weighted by molar-refractivity contribution is 7.09. The van der Waals surface area contributed by atoms with Gasteiger partial charge in [0.05, 0.1) is 18.3 Å². The second-order valence-corrected chi connectivity index (χ2v) is 8.07. The maximum Gasteiger partial charge on any atom is 0.254 e. The van der Waals surface area contributed by atoms with Crippen LogP contribution < -0.4 is 5.32 Å². The number of thiophene rings is 1. The third-order valence-electron chi connectivity index (χ3n) is 4.88. The van der Waals surface area contributed by atoms with Crippen molar-refractivity contribution in [1.29, 1.82) is 0 Å². The van der Waals surface area contributed by atoms with Crippen molar-refractivity contribution in [3.63, 3.8) is 0 Å². The molecule has 1 unspecified atom stereocenters. The molecule has 1 amide bonds. The molecule has 1 N–H and O–H groups in total. The van der Waals surface area contributed by atoms with E-state index in [-0.39, 0.29) is 11.9 Å². The van der Waals surface area contributed by atoms with Crippen molar-refractivity contribution in [2.45, 2.75) is 32.0 Å². The Hall–Kier alpha value is -2.44. The van der Waals surface area contributed by atoms with Gasteiger partial charge in [-0.05, 0) is 36.4 Å². The van der Waals surface area contributed by atoms with Crippen LogP contribution in [0.3, 0.4) is 0 Å². The molecule has 3 heterocycles. The van der Waals surface area contributed by atoms with Crippen LogP contribution in [0.15, 0.2) is 60.2 Å². The number of aromatic nitrogens is 2. The monoisotopic (exact) mass is 380 g/mol. The van der Waals surface area contributed by atoms with Gasteiger partial charge < -0.3 is 5.32 Å². The Labute approximate surface area is 163 Å². The fourth-order valence-electron chi connectivity index (χ4n) is 3.55. The Balaban J connectivity index is 1.32. The highest BCUT2D eigenvalue weighted by Gasteiger charge is 2.22. The number of piperidine rings is 1. The molecule has 0 radical (unpaired) electrons. The van der Waals surface area contributed by atoms with Gasteiger partial charge in [-0.1, -0.05) is 36.4 Å². The summed E-state index contributed by atoms with van der Waals surface area (Å²) in [5.41, 5.74) is 1.80. The number of carbonyl (C=O) groups excluding carboxylic acids is 1. The topological polar surface area (TPSA) is 50.2 Å². The Morgan fingerprint density at radius 1 is 1.19 bits per heavy atom. The summed E-state index contributed by atoms with van der Waals surface area (Å²) >= 11 is 1.79. The van der Waals surface area contributed by atoms with Crippen molar-refractivity contribution in [3.05, 3.63) is 76.2 Å². The molecule has 1 atom stereocenters. The summed E-state index contributed by atoms with van der Waals surface area (Å²) in [5, 5.41) is 9.65. The van der Waals surface area contributed by atoms with E-state index in [0.29, 0.717) is 12.1 Å². The van der Waals surface area contributed by atoms with E-state index in [0.717, 1.165) is 32.5 Å². The van der Waals surface area contributed by atoms with Crippen molar-refractivity contribution < 1.29 is 4.79 Å². The molecule has 1 aromatic carbocycles. The van der Waals surface area contributed by atoms with E-state index in [1.807, 2.05) is 29.1 Å². The number of benzene rings is 1. The lowest BCUT2D eigenvalue weighted by molar-refractivity contribution is 0.0901. The molecule has 27 heavy (non-hydrogen) atoms. The van der Waals surface area contributed by atoms with Crippen molar-refractivity contribution in [2.75, 3.05) is 13.1 Å². The molecule has 1 aliphatic heterocycles. The molecule has 3 aromatic rings. The first-order valence-electron chi connectivity index (χ1n) is 9.38. The summed E-state index contributed by atoms with van der Waals surface area (Å²) in [6, 6.07) is 14.6. The fourth-order valence-corrected chi connectivity index (χ4v) is 4.29. The molecule has 1 fully saturated rings. The first-order chi connectivity index (χ1) is 13.3. The summed E-state index contributed by atoms with van der Waals surface area (Å²) < 4.78 is 1.81. The summed E-state index contributed by atoms with van der Waals surface area (Å²) in [4.78, 5) is 16.4. The van der Waals surface area contributed by atoms with Gasteiger partial charge in [-0.25, -0.2) is 0 Å². The van der Waals surface area contributed by atoms with E-state index in [1.54, 1.807) is 17.5 Å². The Bertz CT molecular complexity index is 859. The van der Waals surface area contributed by atoms with Crippen LogP contribution in [0, 0.1) is 0 Å². The standard InChI is InChI=1S/C21H24N4OS/c26-21(18-12-22-25(14-18)13-17-6-2-1-3-7-17)23-19-8-4-10-24(15-19)16-20-9-5-11-27-20/h1-3,5-7,9,11-12,14,19H,4,8,10,13,15-16H2,(H,23,26). The molecule has 6 heteroatoms. The Kier molecular flexibility index (Phi) is 5.65. The summed E-state index contributed by atoms with van der Waals surface area (Å²) in [6.07, 6.45) is 5.63. The number of rotatable bonds is 6. The van der Waals surface area contributed by atoms with E-state index in [1.165, 1.54) is 10.4 Å². The highest BCUT2D eigenvalue weighted by Crippen LogP contribution is 2.17. The zero-order valence-electron chi connectivity index (χ0n) is 15.3. The van der Waals surface area contributed by atoms with E-state index < -0.39 is 0 Å². The smallest absolute Gasteiger partial charge is 0.254 e. The average molecular weight is 381 g/mol. The molecule has 0 spiro atoms. The average Bonchev–Trinajstić information content (AvgIpc) is 3.35. The molecular formula is C21H24N4OS. The SMILES string of the molecule is O=C(NC1CCCN(Cc2cccs2)C1)c1cnn(Cc2ccccc2)c1. The number of hydrogen-bond donors (Lipinski definition) is 1. The van der Waals surface area contributed by atoms with E-state index >= 15 is 0 Å². The lowest BCUT2D eigenvalue weighted by atomic mass is 10.1. The Morgan fingerprint density at radius 2 is 2.07 bits per heavy atom. The minimum Gasteiger partial charge on any atom is -0.348 e. The van der Waals surface area contributed by atoms with Gasteiger partial charge in [0.15, 0.2) is 0 Å². The van der Waals surface area contributed by atoms with Gasteiger partial charge in [-0.15, -0.1) is 11.3 Å². The van der Waals surface area contributed by atoms with Crippen molar-refractivity contribution >= 4 is 17.2 Å². The van der Waals surface area contributed by atoms with Crippen LogP contribution in [-0.2, 0) is 13.1 Å². The number of nitrogens with one attached hydrogen (secondary N) is 1. The van der Waals surface area contributed by atoms with Crippen LogP contribution in [-0.4, -0.2) is 39.7 Å². The van der Waals surface area contributed by atoms with Gasteiger partial charge >= 0.3 is 0 Å². The molecule has 140 valence electrons. The lowest BCUT2D eigenvalue weighted by Crippen LogP contribution is -2.47. The predicted octanol–water partition coefficient (Wildman–Crippen LogP) is 3.39. The summed E-state index contributed by atoms with van der Waals surface area (Å²) in [6.45, 7) is 3.65. The summed E-state index contributed by atoms with van der Waals surface area (Å²) in [5.74, 6) is -0.0303. The number of nitrogens with zero attached hydrogens (tertiary/aromatic N) is 3. The minimum atomic E-state index is -0.0303. The van der Waals surface area contributed by atoms with Crippen LogP contribution in [0.5, 0.6) is 0 Å². The third-order valence-corrected chi connectivity index (χ3v) is 5.74. The summed E-state index contributed by atoms with van der Waals surface area (Å²) in [7, 11) is 0. The first kappa shape index (κ1) is 17.9. The number of likely N-dealkylation sites (tertiary alicyclic amines) is 1. The molecule has 5 nitrogen and oxygen atoms in total. The van der Waals surface area contributed by atoms with Gasteiger partial charge in [0.1, 0.15) is 0 Å². The van der Waals surface area contributed by atoms with Crippen LogP contribution in [0.4, 0.5) is 0 Å². The number of hydrogen-bond acceptors (Lipinski definition) is 4. The minimum absolute atomic E-state index is 0.0303. The lowest BCUT2D eigenvalue weighted by Gasteiger charge is -2.32. The van der Waals surface area contributed by atoms with Crippen LogP contribution >= 0.6 is 11.3 Å². The molecule has 0 saturated carbocycles. The molecule has 1 saturated heterocycles. The molecular weight excluding hydrogens is 356 g/mol. The zero-order chi connectivity index (χ0) is 18.5. The molecule has 1 aliphatic rings. The van der Waals surface area contributed by atoms with Crippen molar-refractivity contribution in [3.8, 4) is 0 Å². The van der Waals surface area contributed by atoms with Gasteiger partial charge in [-0.2, -0.15) is 5.10 Å². The van der Waals surface area contributed by atoms with Crippen molar-refractivity contribution in [1.82, 2.24) is 20.0 Å². The van der Waals surface area contributed by atoms with E-state index in [4.69, 9.17) is 0 Å². The van der Waals surface area contributed by atoms with Gasteiger partial charge in [-0.3, -0.25) is 14.4 Å². The number of amides is 1. The second kappa shape index (κ2) is 8.50. The normalized spacial score (nSPS) is 17.7. The second-order valence-electron chi connectivity index (χ2n) is 7.04. The van der Waals surface area contributed by atoms with E-state index in [9.17, 15) is 4.79 Å². The number of carbonyl (C=O) groups is 1. The zero-order valence-corrected chi connectivity index (χ0v) is 16.1. The van der Waals surface area contributed by atoms with Gasteiger partial charge in [0, 0.05) is 30.2 Å². The highest BCUT2D eigenvalue weighted by atomic mass is 32.1. The fraction of sp³-hybridized carbons (Fsp3) is 0.333. The molecule has 2 aromatic heterocycles. The van der Waals surface area contributed by atoms with Crippen LogP contribution in [0.25, 0.3) is 0 Å². The maximum absolute atomic E-state index is 12.6. The maximum atomic E-state index is 12.6. The van der Waals surface area contributed by atoms with E-state index in [2.05, 4.69) is 45.0 Å². The molecule has 4 rings (SSSR count). The Morgan fingerprint density at radius 3 is 2.89 bits per heavy atom. The van der Waals surface area contributed by atoms with Crippen LogP contribution in [0.1, 0.15) is 33.6 Å². The first-order valence-corrected chi connectivity index (χ1v) is 10.3. The quantitative estimate of drug-likeness (QED) is 0.713. The van der Waals surface area contributed by atoms with Crippen LogP contribution in [0.2, 0.25) is 0 Å². The van der Waals surface area contributed by atoms with Gasteiger partial charge in [0.2, 0.25) is 0 Å². The molecule has 0 aliphatic carbocycles. The van der Waals surface area contributed by atoms with Crippen molar-refractivity contribution in [2.24, 2.45) is 0 Å². The molecule has 0 bridgehead atoms. The third kappa shape index (κ3) is 4.84. The largest absolute Gasteiger partial charge is 0.348 e. The predicted molar refractivity (Wildman–Crippen MR) is 108 cm³/mol.